The van der Waals surface area contributed by atoms with Crippen molar-refractivity contribution in [3.05, 3.63) is 35.4 Å². The number of hydrogen-bond acceptors (Lipinski definition) is 2. The Hall–Kier alpha value is -1.84. The summed E-state index contributed by atoms with van der Waals surface area (Å²) in [4.78, 5) is 23.8. The Morgan fingerprint density at radius 3 is 2.67 bits per heavy atom. The third kappa shape index (κ3) is 2.80. The summed E-state index contributed by atoms with van der Waals surface area (Å²) in [6.07, 6.45) is 5.34. The van der Waals surface area contributed by atoms with Crippen molar-refractivity contribution in [1.82, 2.24) is 5.32 Å². The number of hydrogen-bond donors (Lipinski definition) is 2. The van der Waals surface area contributed by atoms with E-state index in [-0.39, 0.29) is 18.2 Å². The molecule has 2 aliphatic rings. The number of carboxylic acids is 1. The van der Waals surface area contributed by atoms with Crippen molar-refractivity contribution in [3.8, 4) is 0 Å². The van der Waals surface area contributed by atoms with Crippen LogP contribution in [0.4, 0.5) is 0 Å². The average Bonchev–Trinajstić information content (AvgIpc) is 3.04. The minimum absolute atomic E-state index is 0.00287. The van der Waals surface area contributed by atoms with Crippen molar-refractivity contribution in [2.24, 2.45) is 0 Å². The molecule has 0 saturated heterocycles. The molecule has 0 spiro atoms. The molecule has 1 aromatic carbocycles. The Balaban J connectivity index is 1.75. The van der Waals surface area contributed by atoms with E-state index in [2.05, 4.69) is 11.4 Å². The zero-order valence-electron chi connectivity index (χ0n) is 12.1. The van der Waals surface area contributed by atoms with Gasteiger partial charge in [-0.05, 0) is 36.8 Å². The van der Waals surface area contributed by atoms with Gasteiger partial charge in [0.2, 0.25) is 5.91 Å². The van der Waals surface area contributed by atoms with E-state index in [1.165, 1.54) is 5.56 Å². The van der Waals surface area contributed by atoms with E-state index in [0.717, 1.165) is 44.1 Å². The molecule has 112 valence electrons. The minimum atomic E-state index is -0.830. The van der Waals surface area contributed by atoms with Crippen LogP contribution in [-0.4, -0.2) is 22.5 Å². The molecule has 1 aromatic rings. The van der Waals surface area contributed by atoms with Crippen LogP contribution in [0.25, 0.3) is 0 Å². The smallest absolute Gasteiger partial charge is 0.305 e. The van der Waals surface area contributed by atoms with E-state index in [4.69, 9.17) is 5.11 Å². The Labute approximate surface area is 124 Å². The van der Waals surface area contributed by atoms with Crippen LogP contribution >= 0.6 is 0 Å². The number of carboxylic acid groups (broad SMARTS) is 1. The average molecular weight is 287 g/mol. The Bertz CT molecular complexity index is 561. The molecule has 0 radical (unpaired) electrons. The molecule has 0 bridgehead atoms. The topological polar surface area (TPSA) is 66.4 Å². The summed E-state index contributed by atoms with van der Waals surface area (Å²) in [5.41, 5.74) is 1.83. The summed E-state index contributed by atoms with van der Waals surface area (Å²) in [6.45, 7) is 0. The van der Waals surface area contributed by atoms with Gasteiger partial charge in [-0.15, -0.1) is 0 Å². The van der Waals surface area contributed by atoms with Crippen LogP contribution in [-0.2, 0) is 16.0 Å². The second-order valence-electron chi connectivity index (χ2n) is 6.34. The lowest BCUT2D eigenvalue weighted by atomic mass is 9.91. The van der Waals surface area contributed by atoms with E-state index < -0.39 is 11.5 Å². The molecule has 1 atom stereocenters. The van der Waals surface area contributed by atoms with E-state index in [1.807, 2.05) is 18.2 Å². The molecule has 1 unspecified atom stereocenters. The summed E-state index contributed by atoms with van der Waals surface area (Å²) in [6, 6.07) is 8.06. The standard InChI is InChI=1S/C17H21NO3/c19-15(20)11-17(9-3-4-10-17)18-16(21)14-8-7-12-5-1-2-6-13(12)14/h1-2,5-6,14H,3-4,7-11H2,(H,18,21)(H,19,20). The normalized spacial score (nSPS) is 22.8. The van der Waals surface area contributed by atoms with Gasteiger partial charge in [-0.1, -0.05) is 37.1 Å². The summed E-state index contributed by atoms with van der Waals surface area (Å²) < 4.78 is 0. The lowest BCUT2D eigenvalue weighted by Crippen LogP contribution is -2.49. The Morgan fingerprint density at radius 1 is 1.24 bits per heavy atom. The number of nitrogens with one attached hydrogen (secondary N) is 1. The molecule has 1 amide bonds. The van der Waals surface area contributed by atoms with Crippen molar-refractivity contribution in [2.45, 2.75) is 56.4 Å². The summed E-state index contributed by atoms with van der Waals surface area (Å²) >= 11 is 0. The zero-order chi connectivity index (χ0) is 14.9. The molecule has 21 heavy (non-hydrogen) atoms. The number of fused-ring (bicyclic) bond motifs is 1. The number of carbonyl (C=O) groups is 2. The number of aliphatic carboxylic acids is 1. The van der Waals surface area contributed by atoms with Crippen LogP contribution in [0.2, 0.25) is 0 Å². The maximum atomic E-state index is 12.6. The molecule has 2 aliphatic carbocycles. The SMILES string of the molecule is O=C(O)CC1(NC(=O)C2CCc3ccccc32)CCCC1. The van der Waals surface area contributed by atoms with Crippen LogP contribution in [0.3, 0.4) is 0 Å². The highest BCUT2D eigenvalue weighted by Crippen LogP contribution is 2.36. The first-order valence-electron chi connectivity index (χ1n) is 7.71. The number of rotatable bonds is 4. The van der Waals surface area contributed by atoms with Gasteiger partial charge in [-0.25, -0.2) is 0 Å². The summed E-state index contributed by atoms with van der Waals surface area (Å²) in [5, 5.41) is 12.2. The molecule has 0 aliphatic heterocycles. The largest absolute Gasteiger partial charge is 0.481 e. The van der Waals surface area contributed by atoms with Crippen LogP contribution in [0.5, 0.6) is 0 Å². The van der Waals surface area contributed by atoms with Gasteiger partial charge in [-0.2, -0.15) is 0 Å². The number of carbonyl (C=O) groups excluding carboxylic acids is 1. The molecule has 3 rings (SSSR count). The van der Waals surface area contributed by atoms with Gasteiger partial charge in [0, 0.05) is 0 Å². The maximum absolute atomic E-state index is 12.6. The zero-order valence-corrected chi connectivity index (χ0v) is 12.1. The third-order valence-electron chi connectivity index (χ3n) is 4.89. The number of amides is 1. The van der Waals surface area contributed by atoms with Crippen LogP contribution in [0.15, 0.2) is 24.3 Å². The molecular formula is C17H21NO3. The van der Waals surface area contributed by atoms with E-state index in [9.17, 15) is 9.59 Å². The fraction of sp³-hybridized carbons (Fsp3) is 0.529. The quantitative estimate of drug-likeness (QED) is 0.894. The van der Waals surface area contributed by atoms with E-state index in [1.54, 1.807) is 0 Å². The number of benzene rings is 1. The monoisotopic (exact) mass is 287 g/mol. The van der Waals surface area contributed by atoms with Crippen molar-refractivity contribution in [2.75, 3.05) is 0 Å². The van der Waals surface area contributed by atoms with Gasteiger partial charge in [-0.3, -0.25) is 9.59 Å². The fourth-order valence-corrected chi connectivity index (χ4v) is 3.87. The molecule has 1 fully saturated rings. The van der Waals surface area contributed by atoms with Gasteiger partial charge in [0.15, 0.2) is 0 Å². The van der Waals surface area contributed by atoms with Crippen molar-refractivity contribution in [3.63, 3.8) is 0 Å². The highest BCUT2D eigenvalue weighted by atomic mass is 16.4. The lowest BCUT2D eigenvalue weighted by molar-refractivity contribution is -0.139. The van der Waals surface area contributed by atoms with Crippen molar-refractivity contribution >= 4 is 11.9 Å². The van der Waals surface area contributed by atoms with Crippen LogP contribution in [0.1, 0.15) is 55.6 Å². The minimum Gasteiger partial charge on any atom is -0.481 e. The van der Waals surface area contributed by atoms with Gasteiger partial charge in [0.05, 0.1) is 17.9 Å². The van der Waals surface area contributed by atoms with Crippen LogP contribution < -0.4 is 5.32 Å². The first-order valence-corrected chi connectivity index (χ1v) is 7.71. The second-order valence-corrected chi connectivity index (χ2v) is 6.34. The third-order valence-corrected chi connectivity index (χ3v) is 4.89. The summed E-state index contributed by atoms with van der Waals surface area (Å²) in [5.74, 6) is -0.945. The van der Waals surface area contributed by atoms with Crippen LogP contribution in [0, 0.1) is 0 Å². The Kier molecular flexibility index (Phi) is 3.70. The molecule has 4 nitrogen and oxygen atoms in total. The predicted molar refractivity (Wildman–Crippen MR) is 79.1 cm³/mol. The van der Waals surface area contributed by atoms with Gasteiger partial charge in [0.25, 0.3) is 0 Å². The van der Waals surface area contributed by atoms with Gasteiger partial charge in [0.1, 0.15) is 0 Å². The molecule has 0 heterocycles. The lowest BCUT2D eigenvalue weighted by Gasteiger charge is -2.30. The highest BCUT2D eigenvalue weighted by Gasteiger charge is 2.40. The second kappa shape index (κ2) is 5.51. The first-order chi connectivity index (χ1) is 10.1. The van der Waals surface area contributed by atoms with Gasteiger partial charge < -0.3 is 10.4 Å². The molecular weight excluding hydrogens is 266 g/mol. The molecule has 0 aromatic heterocycles. The number of aryl methyl sites for hydroxylation is 1. The molecule has 1 saturated carbocycles. The van der Waals surface area contributed by atoms with Crippen molar-refractivity contribution in [1.29, 1.82) is 0 Å². The Morgan fingerprint density at radius 2 is 1.95 bits per heavy atom. The predicted octanol–water partition coefficient (Wildman–Crippen LogP) is 2.62. The van der Waals surface area contributed by atoms with Crippen molar-refractivity contribution < 1.29 is 14.7 Å². The fourth-order valence-electron chi connectivity index (χ4n) is 3.87. The molecule has 2 N–H and O–H groups in total. The maximum Gasteiger partial charge on any atom is 0.305 e. The van der Waals surface area contributed by atoms with E-state index in [0.29, 0.717) is 0 Å². The van der Waals surface area contributed by atoms with E-state index >= 15 is 0 Å². The summed E-state index contributed by atoms with van der Waals surface area (Å²) in [7, 11) is 0. The van der Waals surface area contributed by atoms with Gasteiger partial charge >= 0.3 is 5.97 Å². The molecule has 4 heteroatoms. The first kappa shape index (κ1) is 14.1. The highest BCUT2D eigenvalue weighted by molar-refractivity contribution is 5.86.